The van der Waals surface area contributed by atoms with Crippen LogP contribution in [0.15, 0.2) is 18.3 Å². The molecule has 0 fully saturated rings. The molecular formula is C12H21N. The van der Waals surface area contributed by atoms with Crippen LogP contribution in [0.25, 0.3) is 0 Å². The molecule has 1 heteroatoms. The van der Waals surface area contributed by atoms with Crippen LogP contribution in [0, 0.1) is 6.92 Å². The Balaban J connectivity index is 0.000000424. The van der Waals surface area contributed by atoms with Gasteiger partial charge in [-0.25, -0.2) is 0 Å². The van der Waals surface area contributed by atoms with Gasteiger partial charge in [0.05, 0.1) is 0 Å². The predicted molar refractivity (Wildman–Crippen MR) is 59.0 cm³/mol. The van der Waals surface area contributed by atoms with Gasteiger partial charge in [-0.2, -0.15) is 0 Å². The molecule has 0 N–H and O–H groups in total. The van der Waals surface area contributed by atoms with Crippen molar-refractivity contribution in [2.24, 2.45) is 0 Å². The molecule has 0 saturated carbocycles. The van der Waals surface area contributed by atoms with Gasteiger partial charge in [0.1, 0.15) is 0 Å². The SMILES string of the molecule is CCC.Cc1ccc(C(C)C)nc1. The van der Waals surface area contributed by atoms with Gasteiger partial charge in [0.15, 0.2) is 0 Å². The van der Waals surface area contributed by atoms with Crippen molar-refractivity contribution < 1.29 is 0 Å². The van der Waals surface area contributed by atoms with Gasteiger partial charge in [-0.05, 0) is 24.5 Å². The molecule has 0 bridgehead atoms. The van der Waals surface area contributed by atoms with Crippen LogP contribution in [0.1, 0.15) is 51.3 Å². The van der Waals surface area contributed by atoms with Crippen LogP contribution in [0.3, 0.4) is 0 Å². The first-order chi connectivity index (χ1) is 6.11. The molecule has 74 valence electrons. The Kier molecular flexibility index (Phi) is 6.21. The van der Waals surface area contributed by atoms with Crippen molar-refractivity contribution >= 4 is 0 Å². The minimum atomic E-state index is 0.542. The van der Waals surface area contributed by atoms with Crippen molar-refractivity contribution in [1.82, 2.24) is 4.98 Å². The van der Waals surface area contributed by atoms with Gasteiger partial charge in [-0.15, -0.1) is 0 Å². The zero-order chi connectivity index (χ0) is 10.3. The molecule has 0 aliphatic carbocycles. The summed E-state index contributed by atoms with van der Waals surface area (Å²) in [6.07, 6.45) is 3.16. The number of hydrogen-bond acceptors (Lipinski definition) is 1. The van der Waals surface area contributed by atoms with Crippen molar-refractivity contribution in [3.8, 4) is 0 Å². The summed E-state index contributed by atoms with van der Waals surface area (Å²) in [6, 6.07) is 4.18. The van der Waals surface area contributed by atoms with Crippen molar-refractivity contribution in [3.05, 3.63) is 29.6 Å². The molecule has 0 aliphatic heterocycles. The van der Waals surface area contributed by atoms with Gasteiger partial charge >= 0.3 is 0 Å². The van der Waals surface area contributed by atoms with Gasteiger partial charge in [0, 0.05) is 11.9 Å². The highest BCUT2D eigenvalue weighted by molar-refractivity contribution is 5.14. The van der Waals surface area contributed by atoms with E-state index in [1.54, 1.807) is 0 Å². The topological polar surface area (TPSA) is 12.9 Å². The minimum Gasteiger partial charge on any atom is -0.261 e. The van der Waals surface area contributed by atoms with Crippen LogP contribution in [0.5, 0.6) is 0 Å². The first-order valence-electron chi connectivity index (χ1n) is 5.04. The largest absolute Gasteiger partial charge is 0.261 e. The lowest BCUT2D eigenvalue weighted by molar-refractivity contribution is 0.821. The fraction of sp³-hybridized carbons (Fsp3) is 0.583. The summed E-state index contributed by atoms with van der Waals surface area (Å²) in [6.45, 7) is 10.6. The summed E-state index contributed by atoms with van der Waals surface area (Å²) in [7, 11) is 0. The maximum absolute atomic E-state index is 4.28. The number of aromatic nitrogens is 1. The summed E-state index contributed by atoms with van der Waals surface area (Å²) < 4.78 is 0. The molecule has 1 heterocycles. The van der Waals surface area contributed by atoms with Crippen LogP contribution in [-0.4, -0.2) is 4.98 Å². The van der Waals surface area contributed by atoms with E-state index in [1.165, 1.54) is 17.7 Å². The maximum atomic E-state index is 4.28. The molecule has 0 spiro atoms. The lowest BCUT2D eigenvalue weighted by Crippen LogP contribution is -1.90. The highest BCUT2D eigenvalue weighted by Crippen LogP contribution is 2.10. The van der Waals surface area contributed by atoms with E-state index in [2.05, 4.69) is 51.7 Å². The Labute approximate surface area is 82.2 Å². The third-order valence-electron chi connectivity index (χ3n) is 1.53. The third kappa shape index (κ3) is 5.40. The Morgan fingerprint density at radius 3 is 2.08 bits per heavy atom. The summed E-state index contributed by atoms with van der Waals surface area (Å²) >= 11 is 0. The van der Waals surface area contributed by atoms with Gasteiger partial charge in [-0.3, -0.25) is 4.98 Å². The number of hydrogen-bond donors (Lipinski definition) is 0. The second-order valence-corrected chi connectivity index (χ2v) is 3.62. The Hall–Kier alpha value is -0.850. The van der Waals surface area contributed by atoms with E-state index < -0.39 is 0 Å². The molecule has 0 radical (unpaired) electrons. The molecule has 0 atom stereocenters. The molecule has 13 heavy (non-hydrogen) atoms. The lowest BCUT2D eigenvalue weighted by Gasteiger charge is -2.02. The van der Waals surface area contributed by atoms with Gasteiger partial charge in [-0.1, -0.05) is 40.2 Å². The standard InChI is InChI=1S/C9H13N.C3H8/c1-7(2)9-5-4-8(3)6-10-9;1-3-2/h4-7H,1-3H3;3H2,1-2H3. The summed E-state index contributed by atoms with van der Waals surface area (Å²) in [5.41, 5.74) is 2.40. The Morgan fingerprint density at radius 2 is 1.77 bits per heavy atom. The molecule has 0 unspecified atom stereocenters. The fourth-order valence-electron chi connectivity index (χ4n) is 0.821. The van der Waals surface area contributed by atoms with Crippen molar-refractivity contribution in [1.29, 1.82) is 0 Å². The van der Waals surface area contributed by atoms with E-state index in [0.717, 1.165) is 0 Å². The van der Waals surface area contributed by atoms with E-state index >= 15 is 0 Å². The van der Waals surface area contributed by atoms with E-state index in [-0.39, 0.29) is 0 Å². The highest BCUT2D eigenvalue weighted by Gasteiger charge is 1.97. The normalized spacial score (nSPS) is 9.38. The second-order valence-electron chi connectivity index (χ2n) is 3.62. The molecule has 0 aromatic carbocycles. The van der Waals surface area contributed by atoms with Gasteiger partial charge in [0.25, 0.3) is 0 Å². The minimum absolute atomic E-state index is 0.542. The maximum Gasteiger partial charge on any atom is 0.0429 e. The number of aryl methyl sites for hydroxylation is 1. The van der Waals surface area contributed by atoms with Gasteiger partial charge < -0.3 is 0 Å². The average Bonchev–Trinajstić information content (AvgIpc) is 2.06. The van der Waals surface area contributed by atoms with Crippen LogP contribution in [0.2, 0.25) is 0 Å². The van der Waals surface area contributed by atoms with Crippen molar-refractivity contribution in [2.75, 3.05) is 0 Å². The molecule has 1 nitrogen and oxygen atoms in total. The number of pyridine rings is 1. The molecule has 0 aliphatic rings. The Bertz CT molecular complexity index is 211. The van der Waals surface area contributed by atoms with Gasteiger partial charge in [0.2, 0.25) is 0 Å². The average molecular weight is 179 g/mol. The zero-order valence-corrected chi connectivity index (χ0v) is 9.46. The number of rotatable bonds is 1. The molecule has 0 amide bonds. The third-order valence-corrected chi connectivity index (χ3v) is 1.53. The smallest absolute Gasteiger partial charge is 0.0429 e. The monoisotopic (exact) mass is 179 g/mol. The van der Waals surface area contributed by atoms with Crippen LogP contribution in [-0.2, 0) is 0 Å². The Morgan fingerprint density at radius 1 is 1.23 bits per heavy atom. The first-order valence-corrected chi connectivity index (χ1v) is 5.04. The van der Waals surface area contributed by atoms with E-state index in [0.29, 0.717) is 5.92 Å². The van der Waals surface area contributed by atoms with E-state index in [1.807, 2.05) is 6.20 Å². The summed E-state index contributed by atoms with van der Waals surface area (Å²) in [5, 5.41) is 0. The number of nitrogens with zero attached hydrogens (tertiary/aromatic N) is 1. The predicted octanol–water partition coefficient (Wildman–Crippen LogP) is 3.93. The fourth-order valence-corrected chi connectivity index (χ4v) is 0.821. The molecular weight excluding hydrogens is 158 g/mol. The van der Waals surface area contributed by atoms with Crippen LogP contribution in [0.4, 0.5) is 0 Å². The zero-order valence-electron chi connectivity index (χ0n) is 9.46. The second kappa shape index (κ2) is 6.64. The summed E-state index contributed by atoms with van der Waals surface area (Å²) in [5.74, 6) is 0.542. The van der Waals surface area contributed by atoms with E-state index in [9.17, 15) is 0 Å². The van der Waals surface area contributed by atoms with E-state index in [4.69, 9.17) is 0 Å². The van der Waals surface area contributed by atoms with Crippen LogP contribution >= 0.6 is 0 Å². The first kappa shape index (κ1) is 12.2. The molecule has 0 saturated heterocycles. The van der Waals surface area contributed by atoms with Crippen LogP contribution < -0.4 is 0 Å². The summed E-state index contributed by atoms with van der Waals surface area (Å²) in [4.78, 5) is 4.28. The lowest BCUT2D eigenvalue weighted by atomic mass is 10.1. The molecule has 1 rings (SSSR count). The van der Waals surface area contributed by atoms with Crippen molar-refractivity contribution in [2.45, 2.75) is 47.0 Å². The highest BCUT2D eigenvalue weighted by atomic mass is 14.7. The molecule has 1 aromatic heterocycles. The quantitative estimate of drug-likeness (QED) is 0.636. The van der Waals surface area contributed by atoms with Crippen molar-refractivity contribution in [3.63, 3.8) is 0 Å². The molecule has 1 aromatic rings.